The van der Waals surface area contributed by atoms with Gasteiger partial charge in [-0.2, -0.15) is 13.2 Å². The molecule has 31 heavy (non-hydrogen) atoms. The van der Waals surface area contributed by atoms with Crippen LogP contribution >= 0.6 is 0 Å². The molecule has 172 valence electrons. The molecule has 0 spiro atoms. The van der Waals surface area contributed by atoms with Gasteiger partial charge in [0.2, 0.25) is 5.91 Å². The average Bonchev–Trinajstić information content (AvgIpc) is 2.65. The molecule has 1 aromatic carbocycles. The van der Waals surface area contributed by atoms with Crippen molar-refractivity contribution in [1.29, 1.82) is 0 Å². The molecule has 1 aliphatic carbocycles. The number of hydrogen-bond acceptors (Lipinski definition) is 4. The summed E-state index contributed by atoms with van der Waals surface area (Å²) in [6, 6.07) is 3.87. The first-order chi connectivity index (χ1) is 14.3. The van der Waals surface area contributed by atoms with Gasteiger partial charge in [-0.25, -0.2) is 4.79 Å². The third kappa shape index (κ3) is 8.47. The molecular weight excluding hydrogens is 415 g/mol. The Morgan fingerprint density at radius 2 is 1.58 bits per heavy atom. The van der Waals surface area contributed by atoms with Gasteiger partial charge in [0.25, 0.3) is 5.91 Å². The number of nitrogens with one attached hydrogen (secondary N) is 3. The topological polar surface area (TPSA) is 96.5 Å². The second kappa shape index (κ2) is 10.0. The smallest absolute Gasteiger partial charge is 0.416 e. The Morgan fingerprint density at radius 1 is 1.00 bits per heavy atom. The molecule has 1 fully saturated rings. The minimum Gasteiger partial charge on any atom is -0.444 e. The van der Waals surface area contributed by atoms with Crippen LogP contribution < -0.4 is 16.0 Å². The summed E-state index contributed by atoms with van der Waals surface area (Å²) in [6.45, 7) is 5.01. The molecule has 0 radical (unpaired) electrons. The van der Waals surface area contributed by atoms with Crippen molar-refractivity contribution >= 4 is 17.9 Å². The Bertz CT molecular complexity index is 798. The van der Waals surface area contributed by atoms with Crippen LogP contribution in [0, 0.1) is 0 Å². The lowest BCUT2D eigenvalue weighted by atomic mass is 9.91. The number of benzene rings is 1. The van der Waals surface area contributed by atoms with Crippen LogP contribution in [-0.4, -0.2) is 42.1 Å². The van der Waals surface area contributed by atoms with Crippen molar-refractivity contribution in [3.8, 4) is 0 Å². The molecule has 0 aromatic heterocycles. The number of alkyl halides is 3. The van der Waals surface area contributed by atoms with E-state index in [-0.39, 0.29) is 24.2 Å². The third-order valence-corrected chi connectivity index (χ3v) is 4.67. The van der Waals surface area contributed by atoms with E-state index < -0.39 is 35.2 Å². The highest BCUT2D eigenvalue weighted by molar-refractivity contribution is 5.96. The monoisotopic (exact) mass is 443 g/mol. The molecule has 0 bridgehead atoms. The Kier molecular flexibility index (Phi) is 7.91. The number of carbonyl (C=O) groups excluding carboxylic acids is 3. The Morgan fingerprint density at radius 3 is 2.13 bits per heavy atom. The van der Waals surface area contributed by atoms with Gasteiger partial charge < -0.3 is 20.7 Å². The second-order valence-electron chi connectivity index (χ2n) is 8.52. The van der Waals surface area contributed by atoms with Crippen molar-refractivity contribution in [2.24, 2.45) is 0 Å². The van der Waals surface area contributed by atoms with Gasteiger partial charge >= 0.3 is 12.3 Å². The first-order valence-corrected chi connectivity index (χ1v) is 10.1. The van der Waals surface area contributed by atoms with Gasteiger partial charge in [0.1, 0.15) is 5.60 Å². The molecule has 2 rings (SSSR count). The lowest BCUT2D eigenvalue weighted by Crippen LogP contribution is -2.47. The summed E-state index contributed by atoms with van der Waals surface area (Å²) >= 11 is 0. The van der Waals surface area contributed by atoms with E-state index in [2.05, 4.69) is 16.0 Å². The molecule has 1 aromatic rings. The van der Waals surface area contributed by atoms with Crippen LogP contribution in [0.5, 0.6) is 0 Å². The fourth-order valence-corrected chi connectivity index (χ4v) is 3.23. The number of carbonyl (C=O) groups is 3. The van der Waals surface area contributed by atoms with E-state index in [1.807, 2.05) is 0 Å². The molecule has 1 aliphatic rings. The number of halogens is 3. The molecule has 0 heterocycles. The molecule has 3 amide bonds. The first-order valence-electron chi connectivity index (χ1n) is 10.1. The summed E-state index contributed by atoms with van der Waals surface area (Å²) in [5, 5.41) is 7.94. The van der Waals surface area contributed by atoms with Gasteiger partial charge in [0.05, 0.1) is 12.1 Å². The quantitative estimate of drug-likeness (QED) is 0.650. The lowest BCUT2D eigenvalue weighted by molar-refractivity contribution is -0.137. The van der Waals surface area contributed by atoms with Gasteiger partial charge in [0.15, 0.2) is 0 Å². The van der Waals surface area contributed by atoms with Crippen molar-refractivity contribution in [1.82, 2.24) is 16.0 Å². The molecule has 0 unspecified atom stereocenters. The minimum atomic E-state index is -4.55. The lowest BCUT2D eigenvalue weighted by Gasteiger charge is -2.30. The van der Waals surface area contributed by atoms with Crippen LogP contribution in [0.1, 0.15) is 62.4 Å². The van der Waals surface area contributed by atoms with E-state index in [0.29, 0.717) is 25.7 Å². The van der Waals surface area contributed by atoms with Crippen LogP contribution in [0.2, 0.25) is 0 Å². The van der Waals surface area contributed by atoms with Gasteiger partial charge in [-0.3, -0.25) is 9.59 Å². The maximum Gasteiger partial charge on any atom is 0.416 e. The molecule has 0 aliphatic heterocycles. The van der Waals surface area contributed by atoms with Gasteiger partial charge in [0, 0.05) is 17.6 Å². The van der Waals surface area contributed by atoms with E-state index in [4.69, 9.17) is 4.74 Å². The highest BCUT2D eigenvalue weighted by Crippen LogP contribution is 2.29. The predicted molar refractivity (Wildman–Crippen MR) is 107 cm³/mol. The Balaban J connectivity index is 1.73. The van der Waals surface area contributed by atoms with Crippen LogP contribution in [0.3, 0.4) is 0 Å². The molecule has 0 atom stereocenters. The van der Waals surface area contributed by atoms with E-state index >= 15 is 0 Å². The van der Waals surface area contributed by atoms with Crippen molar-refractivity contribution in [2.45, 2.75) is 70.3 Å². The molecule has 1 saturated carbocycles. The predicted octanol–water partition coefficient (Wildman–Crippen LogP) is 3.39. The summed E-state index contributed by atoms with van der Waals surface area (Å²) in [7, 11) is 0. The number of rotatable bonds is 5. The normalized spacial score (nSPS) is 19.3. The minimum absolute atomic E-state index is 0.0383. The Labute approximate surface area is 179 Å². The van der Waals surface area contributed by atoms with Crippen LogP contribution in [0.25, 0.3) is 0 Å². The van der Waals surface area contributed by atoms with E-state index in [1.54, 1.807) is 20.8 Å². The van der Waals surface area contributed by atoms with Crippen molar-refractivity contribution in [2.75, 3.05) is 6.54 Å². The number of amides is 3. The summed E-state index contributed by atoms with van der Waals surface area (Å²) in [4.78, 5) is 36.0. The average molecular weight is 443 g/mol. The summed E-state index contributed by atoms with van der Waals surface area (Å²) in [6.07, 6.45) is -2.40. The SMILES string of the molecule is CC(C)(C)OC(=O)NC1CCC(NC(=O)CNC(=O)c2cccc(C(F)(F)F)c2)CC1. The maximum atomic E-state index is 12.7. The number of ether oxygens (including phenoxy) is 1. The fraction of sp³-hybridized carbons (Fsp3) is 0.571. The standard InChI is InChI=1S/C21H28F3N3O4/c1-20(2,3)31-19(30)27-16-9-7-15(8-10-16)26-17(28)12-25-18(29)13-5-4-6-14(11-13)21(22,23)24/h4-6,11,15-16H,7-10,12H2,1-3H3,(H,25,29)(H,26,28)(H,27,30). The highest BCUT2D eigenvalue weighted by Gasteiger charge is 2.31. The van der Waals surface area contributed by atoms with Crippen LogP contribution in [-0.2, 0) is 15.7 Å². The summed E-state index contributed by atoms with van der Waals surface area (Å²) in [5.74, 6) is -1.18. The van der Waals surface area contributed by atoms with Crippen molar-refractivity contribution < 1.29 is 32.3 Å². The molecule has 0 saturated heterocycles. The molecule has 3 N–H and O–H groups in total. The first kappa shape index (κ1) is 24.5. The third-order valence-electron chi connectivity index (χ3n) is 4.67. The number of alkyl carbamates (subject to hydrolysis) is 1. The zero-order valence-corrected chi connectivity index (χ0v) is 17.8. The maximum absolute atomic E-state index is 12.7. The summed E-state index contributed by atoms with van der Waals surface area (Å²) < 4.78 is 43.5. The molecule has 10 heteroatoms. The highest BCUT2D eigenvalue weighted by atomic mass is 19.4. The Hall–Kier alpha value is -2.78. The largest absolute Gasteiger partial charge is 0.444 e. The van der Waals surface area contributed by atoms with Gasteiger partial charge in [-0.15, -0.1) is 0 Å². The molecule has 7 nitrogen and oxygen atoms in total. The van der Waals surface area contributed by atoms with Crippen molar-refractivity contribution in [3.05, 3.63) is 35.4 Å². The van der Waals surface area contributed by atoms with E-state index in [0.717, 1.165) is 18.2 Å². The van der Waals surface area contributed by atoms with Crippen LogP contribution in [0.15, 0.2) is 24.3 Å². The van der Waals surface area contributed by atoms with E-state index in [1.165, 1.54) is 6.07 Å². The molecular formula is C21H28F3N3O4. The van der Waals surface area contributed by atoms with Gasteiger partial charge in [-0.1, -0.05) is 6.07 Å². The van der Waals surface area contributed by atoms with Gasteiger partial charge in [-0.05, 0) is 64.7 Å². The summed E-state index contributed by atoms with van der Waals surface area (Å²) in [5.41, 5.74) is -1.67. The zero-order valence-electron chi connectivity index (χ0n) is 17.8. The number of hydrogen-bond donors (Lipinski definition) is 3. The zero-order chi connectivity index (χ0) is 23.2. The second-order valence-corrected chi connectivity index (χ2v) is 8.52. The fourth-order valence-electron chi connectivity index (χ4n) is 3.23. The van der Waals surface area contributed by atoms with Crippen molar-refractivity contribution in [3.63, 3.8) is 0 Å². The van der Waals surface area contributed by atoms with Crippen LogP contribution in [0.4, 0.5) is 18.0 Å². The van der Waals surface area contributed by atoms with E-state index in [9.17, 15) is 27.6 Å².